The zero-order chi connectivity index (χ0) is 21.3. The predicted octanol–water partition coefficient (Wildman–Crippen LogP) is 3.75. The number of rotatable bonds is 8. The lowest BCUT2D eigenvalue weighted by Crippen LogP contribution is -2.87. The summed E-state index contributed by atoms with van der Waals surface area (Å²) in [5, 5.41) is 13.5. The number of nitriles is 1. The Hall–Kier alpha value is -3.49. The van der Waals surface area contributed by atoms with Crippen LogP contribution in [0.15, 0.2) is 72.8 Å². The highest BCUT2D eigenvalue weighted by molar-refractivity contribution is 5.91. The number of quaternary nitrogens is 1. The number of hydrogen-bond donors (Lipinski definition) is 2. The Morgan fingerprint density at radius 1 is 1.03 bits per heavy atom. The first-order valence-electron chi connectivity index (χ1n) is 10.0. The first-order valence-corrected chi connectivity index (χ1v) is 10.0. The molecule has 0 spiro atoms. The van der Waals surface area contributed by atoms with E-state index in [1.807, 2.05) is 35.6 Å². The van der Waals surface area contributed by atoms with Crippen LogP contribution in [0.1, 0.15) is 35.2 Å². The number of hydrogen-bond acceptors (Lipinski definition) is 2. The number of nitrogens with zero attached hydrogens (tertiary/aromatic N) is 1. The summed E-state index contributed by atoms with van der Waals surface area (Å²) in [6.45, 7) is 2.29. The molecule has 3 rings (SSSR count). The number of aryl methyl sites for hydroxylation is 1. The molecule has 0 aliphatic heterocycles. The third-order valence-corrected chi connectivity index (χ3v) is 5.01. The maximum absolute atomic E-state index is 13.8. The lowest BCUT2D eigenvalue weighted by atomic mass is 9.97. The predicted molar refractivity (Wildman–Crippen MR) is 115 cm³/mol. The summed E-state index contributed by atoms with van der Waals surface area (Å²) in [6.07, 6.45) is 1.29. The van der Waals surface area contributed by atoms with Gasteiger partial charge >= 0.3 is 0 Å². The molecule has 1 atom stereocenters. The third kappa shape index (κ3) is 5.76. The molecule has 0 fully saturated rings. The van der Waals surface area contributed by atoms with Gasteiger partial charge in [0.05, 0.1) is 12.5 Å². The Morgan fingerprint density at radius 3 is 2.37 bits per heavy atom. The van der Waals surface area contributed by atoms with E-state index in [9.17, 15) is 9.18 Å². The van der Waals surface area contributed by atoms with Gasteiger partial charge in [0.15, 0.2) is 6.54 Å². The second-order valence-corrected chi connectivity index (χ2v) is 7.15. The van der Waals surface area contributed by atoms with Crippen LogP contribution in [0.3, 0.4) is 0 Å². The zero-order valence-electron chi connectivity index (χ0n) is 16.9. The van der Waals surface area contributed by atoms with E-state index < -0.39 is 0 Å². The summed E-state index contributed by atoms with van der Waals surface area (Å²) in [5.74, 6) is -0.437. The van der Waals surface area contributed by atoms with Crippen molar-refractivity contribution in [3.63, 3.8) is 0 Å². The van der Waals surface area contributed by atoms with Gasteiger partial charge in [0, 0.05) is 16.8 Å². The minimum atomic E-state index is -0.294. The molecule has 0 heterocycles. The highest BCUT2D eigenvalue weighted by atomic mass is 19.1. The van der Waals surface area contributed by atoms with Crippen molar-refractivity contribution in [1.29, 1.82) is 5.26 Å². The SMILES string of the molecule is CCc1ccc([C@H]([NH2+]CC(=O)Nc2ccc(CC#N)cc2)c2cccc(F)c2)cc1. The standard InChI is InChI=1S/C25H24FN3O/c1-2-18-6-10-20(11-7-18)25(21-4-3-5-22(26)16-21)28-17-24(30)29-23-12-8-19(9-13-23)14-15-27/h3-13,16,25,28H,2,14,17H2,1H3,(H,29,30)/p+1/t25-/m0/s1. The molecule has 0 aliphatic carbocycles. The molecule has 3 N–H and O–H groups in total. The summed E-state index contributed by atoms with van der Waals surface area (Å²) in [6, 6.07) is 23.9. The third-order valence-electron chi connectivity index (χ3n) is 5.01. The lowest BCUT2D eigenvalue weighted by Gasteiger charge is -2.17. The molecule has 0 unspecified atom stereocenters. The quantitative estimate of drug-likeness (QED) is 0.603. The maximum Gasteiger partial charge on any atom is 0.279 e. The second kappa shape index (κ2) is 10.3. The van der Waals surface area contributed by atoms with E-state index in [1.54, 1.807) is 18.2 Å². The normalized spacial score (nSPS) is 11.5. The largest absolute Gasteiger partial charge is 0.328 e. The zero-order valence-corrected chi connectivity index (χ0v) is 16.9. The minimum Gasteiger partial charge on any atom is -0.328 e. The van der Waals surface area contributed by atoms with Gasteiger partial charge in [-0.15, -0.1) is 0 Å². The Labute approximate surface area is 176 Å². The van der Waals surface area contributed by atoms with Crippen molar-refractivity contribution in [1.82, 2.24) is 0 Å². The van der Waals surface area contributed by atoms with Crippen LogP contribution in [0.2, 0.25) is 0 Å². The second-order valence-electron chi connectivity index (χ2n) is 7.15. The number of nitrogens with two attached hydrogens (primary N) is 1. The molecule has 0 saturated heterocycles. The fourth-order valence-corrected chi connectivity index (χ4v) is 3.36. The molecule has 30 heavy (non-hydrogen) atoms. The van der Waals surface area contributed by atoms with Crippen LogP contribution in [0.5, 0.6) is 0 Å². The van der Waals surface area contributed by atoms with Crippen molar-refractivity contribution in [3.8, 4) is 6.07 Å². The van der Waals surface area contributed by atoms with Crippen molar-refractivity contribution < 1.29 is 14.5 Å². The van der Waals surface area contributed by atoms with Crippen LogP contribution in [-0.4, -0.2) is 12.5 Å². The molecule has 5 heteroatoms. The summed E-state index contributed by atoms with van der Waals surface area (Å²) < 4.78 is 13.8. The summed E-state index contributed by atoms with van der Waals surface area (Å²) in [4.78, 5) is 12.5. The van der Waals surface area contributed by atoms with Crippen LogP contribution in [-0.2, 0) is 17.6 Å². The maximum atomic E-state index is 13.8. The highest BCUT2D eigenvalue weighted by Crippen LogP contribution is 2.20. The Morgan fingerprint density at radius 2 is 1.73 bits per heavy atom. The van der Waals surface area contributed by atoms with Gasteiger partial charge in [-0.05, 0) is 41.8 Å². The first-order chi connectivity index (χ1) is 14.6. The molecule has 0 aliphatic rings. The van der Waals surface area contributed by atoms with Gasteiger partial charge in [-0.25, -0.2) is 4.39 Å². The van der Waals surface area contributed by atoms with Gasteiger partial charge in [-0.1, -0.05) is 55.5 Å². The number of anilines is 1. The Bertz CT molecular complexity index is 1020. The molecule has 3 aromatic carbocycles. The van der Waals surface area contributed by atoms with E-state index in [0.29, 0.717) is 12.1 Å². The Kier molecular flexibility index (Phi) is 7.31. The van der Waals surface area contributed by atoms with E-state index in [2.05, 4.69) is 30.4 Å². The van der Waals surface area contributed by atoms with Crippen molar-refractivity contribution in [2.75, 3.05) is 11.9 Å². The number of halogens is 1. The molecule has 152 valence electrons. The van der Waals surface area contributed by atoms with Gasteiger partial charge in [0.1, 0.15) is 11.9 Å². The van der Waals surface area contributed by atoms with Gasteiger partial charge in [-0.3, -0.25) is 4.79 Å². The molecule has 0 radical (unpaired) electrons. The fourth-order valence-electron chi connectivity index (χ4n) is 3.36. The molecule has 0 bridgehead atoms. The molecular formula is C25H25FN3O+. The average Bonchev–Trinajstić information content (AvgIpc) is 2.76. The van der Waals surface area contributed by atoms with Crippen LogP contribution in [0, 0.1) is 17.1 Å². The summed E-state index contributed by atoms with van der Waals surface area (Å²) >= 11 is 0. The van der Waals surface area contributed by atoms with Gasteiger partial charge in [0.2, 0.25) is 0 Å². The number of nitrogens with one attached hydrogen (secondary N) is 1. The molecule has 0 aromatic heterocycles. The average molecular weight is 402 g/mol. The molecule has 0 saturated carbocycles. The van der Waals surface area contributed by atoms with Crippen LogP contribution in [0.25, 0.3) is 0 Å². The Balaban J connectivity index is 1.71. The smallest absolute Gasteiger partial charge is 0.279 e. The van der Waals surface area contributed by atoms with Crippen molar-refractivity contribution >= 4 is 11.6 Å². The van der Waals surface area contributed by atoms with E-state index in [0.717, 1.165) is 23.1 Å². The van der Waals surface area contributed by atoms with Gasteiger partial charge in [-0.2, -0.15) is 5.26 Å². The minimum absolute atomic E-state index is 0.144. The monoisotopic (exact) mass is 402 g/mol. The van der Waals surface area contributed by atoms with Crippen molar-refractivity contribution in [2.45, 2.75) is 25.8 Å². The molecule has 4 nitrogen and oxygen atoms in total. The first kappa shape index (κ1) is 21.2. The van der Waals surface area contributed by atoms with Crippen LogP contribution in [0.4, 0.5) is 10.1 Å². The lowest BCUT2D eigenvalue weighted by molar-refractivity contribution is -0.676. The van der Waals surface area contributed by atoms with E-state index in [1.165, 1.54) is 17.7 Å². The molecule has 1 amide bonds. The van der Waals surface area contributed by atoms with Gasteiger partial charge in [0.25, 0.3) is 5.91 Å². The van der Waals surface area contributed by atoms with Gasteiger partial charge < -0.3 is 10.6 Å². The molecule has 3 aromatic rings. The van der Waals surface area contributed by atoms with Crippen LogP contribution < -0.4 is 10.6 Å². The number of benzene rings is 3. The topological polar surface area (TPSA) is 69.5 Å². The van der Waals surface area contributed by atoms with Crippen LogP contribution >= 0.6 is 0 Å². The number of carbonyl (C=O) groups excluding carboxylic acids is 1. The highest BCUT2D eigenvalue weighted by Gasteiger charge is 2.19. The number of carbonyl (C=O) groups is 1. The van der Waals surface area contributed by atoms with E-state index in [-0.39, 0.29) is 24.3 Å². The fraction of sp³-hybridized carbons (Fsp3) is 0.200. The summed E-state index contributed by atoms with van der Waals surface area (Å²) in [5.41, 5.74) is 4.65. The van der Waals surface area contributed by atoms with Crippen molar-refractivity contribution in [2.24, 2.45) is 0 Å². The van der Waals surface area contributed by atoms with E-state index >= 15 is 0 Å². The number of amides is 1. The summed E-state index contributed by atoms with van der Waals surface area (Å²) in [7, 11) is 0. The van der Waals surface area contributed by atoms with Crippen molar-refractivity contribution in [3.05, 3.63) is 101 Å². The molecular weight excluding hydrogens is 377 g/mol. The van der Waals surface area contributed by atoms with E-state index in [4.69, 9.17) is 5.26 Å².